The summed E-state index contributed by atoms with van der Waals surface area (Å²) >= 11 is 0. The number of aromatic nitrogens is 1. The largest absolute Gasteiger partial charge is 0.493 e. The number of hydrogen-bond acceptors (Lipinski definition) is 5. The summed E-state index contributed by atoms with van der Waals surface area (Å²) in [5.74, 6) is 1.58. The van der Waals surface area contributed by atoms with Crippen LogP contribution in [-0.2, 0) is 11.2 Å². The fourth-order valence-corrected chi connectivity index (χ4v) is 2.52. The van der Waals surface area contributed by atoms with Gasteiger partial charge in [-0.3, -0.25) is 4.79 Å². The summed E-state index contributed by atoms with van der Waals surface area (Å²) in [7, 11) is 0. The first-order valence-corrected chi connectivity index (χ1v) is 7.77. The van der Waals surface area contributed by atoms with Gasteiger partial charge >= 0.3 is 0 Å². The quantitative estimate of drug-likeness (QED) is 0.908. The van der Waals surface area contributed by atoms with Gasteiger partial charge in [-0.15, -0.1) is 0 Å². The molecule has 0 unspecified atom stereocenters. The molecule has 2 heterocycles. The van der Waals surface area contributed by atoms with Gasteiger partial charge in [0.15, 0.2) is 11.5 Å². The molecule has 1 amide bonds. The number of oxazole rings is 1. The van der Waals surface area contributed by atoms with E-state index in [2.05, 4.69) is 10.3 Å². The maximum Gasteiger partial charge on any atom is 0.226 e. The number of carbonyl (C=O) groups excluding carboxylic acids is 1. The van der Waals surface area contributed by atoms with Crippen LogP contribution in [0.4, 0.5) is 0 Å². The van der Waals surface area contributed by atoms with Crippen LogP contribution >= 0.6 is 0 Å². The molecule has 0 radical (unpaired) electrons. The highest BCUT2D eigenvalue weighted by Crippen LogP contribution is 2.22. The van der Waals surface area contributed by atoms with Crippen LogP contribution in [-0.4, -0.2) is 48.6 Å². The molecule has 118 valence electrons. The second-order valence-electron chi connectivity index (χ2n) is 5.32. The normalized spacial score (nSPS) is 15.2. The minimum Gasteiger partial charge on any atom is -0.493 e. The molecule has 1 fully saturated rings. The van der Waals surface area contributed by atoms with Crippen LogP contribution in [0.3, 0.4) is 0 Å². The Kier molecular flexibility index (Phi) is 4.58. The Balaban J connectivity index is 1.53. The molecule has 3 rings (SSSR count). The first kappa shape index (κ1) is 14.8. The molecule has 1 aromatic heterocycles. The maximum atomic E-state index is 12.0. The summed E-state index contributed by atoms with van der Waals surface area (Å²) in [6, 6.07) is 5.57. The topological polar surface area (TPSA) is 67.6 Å². The van der Waals surface area contributed by atoms with Gasteiger partial charge in [0.05, 0.1) is 13.0 Å². The Morgan fingerprint density at radius 2 is 2.23 bits per heavy atom. The molecule has 0 bridgehead atoms. The van der Waals surface area contributed by atoms with Gasteiger partial charge in [0.2, 0.25) is 5.91 Å². The number of piperazine rings is 1. The lowest BCUT2D eigenvalue weighted by atomic mass is 10.3. The maximum absolute atomic E-state index is 12.0. The molecule has 6 heteroatoms. The molecule has 0 saturated carbocycles. The average molecular weight is 303 g/mol. The van der Waals surface area contributed by atoms with E-state index in [4.69, 9.17) is 9.15 Å². The number of amides is 1. The Morgan fingerprint density at radius 1 is 1.41 bits per heavy atom. The number of carbonyl (C=O) groups is 1. The Hall–Kier alpha value is -2.08. The molecule has 1 aliphatic rings. The average Bonchev–Trinajstić information content (AvgIpc) is 2.98. The summed E-state index contributed by atoms with van der Waals surface area (Å²) in [4.78, 5) is 18.3. The summed E-state index contributed by atoms with van der Waals surface area (Å²) in [5, 5.41) is 3.23. The van der Waals surface area contributed by atoms with Crippen LogP contribution in [0.1, 0.15) is 19.2 Å². The molecule has 6 nitrogen and oxygen atoms in total. The monoisotopic (exact) mass is 303 g/mol. The molecular weight excluding hydrogens is 282 g/mol. The highest BCUT2D eigenvalue weighted by molar-refractivity contribution is 5.76. The van der Waals surface area contributed by atoms with Gasteiger partial charge in [0, 0.05) is 38.7 Å². The van der Waals surface area contributed by atoms with E-state index in [1.165, 1.54) is 0 Å². The van der Waals surface area contributed by atoms with Crippen molar-refractivity contribution >= 4 is 17.0 Å². The highest BCUT2D eigenvalue weighted by Gasteiger charge is 2.15. The number of benzene rings is 1. The lowest BCUT2D eigenvalue weighted by Gasteiger charge is -2.27. The van der Waals surface area contributed by atoms with Gasteiger partial charge in [0.1, 0.15) is 11.3 Å². The summed E-state index contributed by atoms with van der Waals surface area (Å²) in [6.45, 7) is 5.68. The van der Waals surface area contributed by atoms with E-state index >= 15 is 0 Å². The fraction of sp³-hybridized carbons (Fsp3) is 0.500. The Bertz CT molecular complexity index is 647. The van der Waals surface area contributed by atoms with Crippen molar-refractivity contribution in [3.8, 4) is 5.75 Å². The number of nitrogens with one attached hydrogen (secondary N) is 1. The third-order valence-corrected chi connectivity index (χ3v) is 3.76. The van der Waals surface area contributed by atoms with Crippen molar-refractivity contribution in [2.24, 2.45) is 0 Å². The fourth-order valence-electron chi connectivity index (χ4n) is 2.52. The molecule has 1 aliphatic heterocycles. The number of aryl methyl sites for hydroxylation is 1. The van der Waals surface area contributed by atoms with E-state index in [1.807, 2.05) is 30.0 Å². The van der Waals surface area contributed by atoms with Gasteiger partial charge < -0.3 is 19.4 Å². The Morgan fingerprint density at radius 3 is 3.00 bits per heavy atom. The van der Waals surface area contributed by atoms with Crippen molar-refractivity contribution < 1.29 is 13.9 Å². The molecular formula is C16H21N3O3. The van der Waals surface area contributed by atoms with Gasteiger partial charge in [0.25, 0.3) is 0 Å². The van der Waals surface area contributed by atoms with Crippen molar-refractivity contribution in [1.29, 1.82) is 0 Å². The lowest BCUT2D eigenvalue weighted by molar-refractivity contribution is -0.132. The van der Waals surface area contributed by atoms with Crippen LogP contribution in [0.25, 0.3) is 11.1 Å². The predicted octanol–water partition coefficient (Wildman–Crippen LogP) is 1.59. The second kappa shape index (κ2) is 6.79. The van der Waals surface area contributed by atoms with E-state index in [-0.39, 0.29) is 5.91 Å². The van der Waals surface area contributed by atoms with E-state index in [1.54, 1.807) is 0 Å². The lowest BCUT2D eigenvalue weighted by Crippen LogP contribution is -2.46. The SMILES string of the molecule is CCc1nc2ccc(OCCC(=O)N3CCNCC3)cc2o1. The second-order valence-corrected chi connectivity index (χ2v) is 5.32. The number of nitrogens with zero attached hydrogens (tertiary/aromatic N) is 2. The molecule has 0 aliphatic carbocycles. The van der Waals surface area contributed by atoms with Crippen LogP contribution < -0.4 is 10.1 Å². The summed E-state index contributed by atoms with van der Waals surface area (Å²) in [6.07, 6.45) is 1.17. The number of ether oxygens (including phenoxy) is 1. The molecule has 22 heavy (non-hydrogen) atoms. The molecule has 1 N–H and O–H groups in total. The van der Waals surface area contributed by atoms with Gasteiger partial charge in [-0.05, 0) is 12.1 Å². The van der Waals surface area contributed by atoms with E-state index in [9.17, 15) is 4.79 Å². The number of hydrogen-bond donors (Lipinski definition) is 1. The van der Waals surface area contributed by atoms with Crippen molar-refractivity contribution in [2.45, 2.75) is 19.8 Å². The smallest absolute Gasteiger partial charge is 0.226 e. The van der Waals surface area contributed by atoms with Gasteiger partial charge in [-0.25, -0.2) is 4.98 Å². The van der Waals surface area contributed by atoms with Crippen LogP contribution in [0.5, 0.6) is 5.75 Å². The molecule has 0 atom stereocenters. The third-order valence-electron chi connectivity index (χ3n) is 3.76. The van der Waals surface area contributed by atoms with E-state index in [0.29, 0.717) is 18.8 Å². The Labute approximate surface area is 129 Å². The molecule has 1 aromatic carbocycles. The summed E-state index contributed by atoms with van der Waals surface area (Å²) < 4.78 is 11.3. The van der Waals surface area contributed by atoms with Crippen molar-refractivity contribution in [3.63, 3.8) is 0 Å². The minimum atomic E-state index is 0.149. The number of fused-ring (bicyclic) bond motifs is 1. The molecule has 2 aromatic rings. The van der Waals surface area contributed by atoms with Crippen molar-refractivity contribution in [3.05, 3.63) is 24.1 Å². The van der Waals surface area contributed by atoms with E-state index in [0.717, 1.165) is 49.6 Å². The zero-order valence-electron chi connectivity index (χ0n) is 12.8. The standard InChI is InChI=1S/C16H21N3O3/c1-2-15-18-13-4-3-12(11-14(13)22-15)21-10-5-16(20)19-8-6-17-7-9-19/h3-4,11,17H,2,5-10H2,1H3. The van der Waals surface area contributed by atoms with Crippen molar-refractivity contribution in [2.75, 3.05) is 32.8 Å². The van der Waals surface area contributed by atoms with Crippen LogP contribution in [0.15, 0.2) is 22.6 Å². The highest BCUT2D eigenvalue weighted by atomic mass is 16.5. The van der Waals surface area contributed by atoms with Crippen molar-refractivity contribution in [1.82, 2.24) is 15.2 Å². The minimum absolute atomic E-state index is 0.149. The van der Waals surface area contributed by atoms with Gasteiger partial charge in [-0.1, -0.05) is 6.92 Å². The van der Waals surface area contributed by atoms with Gasteiger partial charge in [-0.2, -0.15) is 0 Å². The molecule has 1 saturated heterocycles. The van der Waals surface area contributed by atoms with Crippen LogP contribution in [0.2, 0.25) is 0 Å². The first-order valence-electron chi connectivity index (χ1n) is 7.77. The molecule has 0 spiro atoms. The van der Waals surface area contributed by atoms with E-state index < -0.39 is 0 Å². The zero-order chi connectivity index (χ0) is 15.4. The number of rotatable bonds is 5. The third kappa shape index (κ3) is 3.39. The zero-order valence-corrected chi connectivity index (χ0v) is 12.8. The first-order chi connectivity index (χ1) is 10.8. The summed E-state index contributed by atoms with van der Waals surface area (Å²) in [5.41, 5.74) is 1.56. The predicted molar refractivity (Wildman–Crippen MR) is 82.9 cm³/mol. The van der Waals surface area contributed by atoms with Crippen LogP contribution in [0, 0.1) is 0 Å².